The SMILES string of the molecule is O=C(O)C1CCCN1Cc1cc(Cl)c2c(c1)OCO2. The molecule has 0 bridgehead atoms. The number of carboxylic acid groups (broad SMARTS) is 1. The lowest BCUT2D eigenvalue weighted by atomic mass is 10.1. The number of likely N-dealkylation sites (tertiary alicyclic amines) is 1. The van der Waals surface area contributed by atoms with Gasteiger partial charge in [0.25, 0.3) is 0 Å². The first-order chi connectivity index (χ1) is 9.15. The Balaban J connectivity index is 1.80. The third-order valence-corrected chi connectivity index (χ3v) is 3.80. The van der Waals surface area contributed by atoms with E-state index in [0.717, 1.165) is 18.5 Å². The van der Waals surface area contributed by atoms with Gasteiger partial charge in [-0.15, -0.1) is 0 Å². The fraction of sp³-hybridized carbons (Fsp3) is 0.462. The Kier molecular flexibility index (Phi) is 3.24. The Morgan fingerprint density at radius 1 is 1.47 bits per heavy atom. The number of halogens is 1. The standard InChI is InChI=1S/C13H14ClNO4/c14-9-4-8(5-11-12(9)19-7-18-11)6-15-3-1-2-10(15)13(16)17/h4-5,10H,1-3,6-7H2,(H,16,17). The molecule has 1 N–H and O–H groups in total. The van der Waals surface area contributed by atoms with Gasteiger partial charge in [0.2, 0.25) is 6.79 Å². The Hall–Kier alpha value is -1.46. The van der Waals surface area contributed by atoms with Crippen molar-refractivity contribution in [1.29, 1.82) is 0 Å². The first-order valence-corrected chi connectivity index (χ1v) is 6.58. The molecule has 3 rings (SSSR count). The van der Waals surface area contributed by atoms with Gasteiger partial charge in [0.15, 0.2) is 11.5 Å². The highest BCUT2D eigenvalue weighted by atomic mass is 35.5. The van der Waals surface area contributed by atoms with E-state index in [1.807, 2.05) is 17.0 Å². The van der Waals surface area contributed by atoms with Gasteiger partial charge in [-0.3, -0.25) is 9.69 Å². The Morgan fingerprint density at radius 3 is 3.11 bits per heavy atom. The maximum absolute atomic E-state index is 11.1. The van der Waals surface area contributed by atoms with E-state index in [2.05, 4.69) is 0 Å². The van der Waals surface area contributed by atoms with Crippen molar-refractivity contribution in [3.05, 3.63) is 22.7 Å². The largest absolute Gasteiger partial charge is 0.480 e. The molecule has 102 valence electrons. The molecule has 1 unspecified atom stereocenters. The number of nitrogens with zero attached hydrogens (tertiary/aromatic N) is 1. The summed E-state index contributed by atoms with van der Waals surface area (Å²) in [6, 6.07) is 3.28. The van der Waals surface area contributed by atoms with Gasteiger partial charge in [0.05, 0.1) is 5.02 Å². The summed E-state index contributed by atoms with van der Waals surface area (Å²) in [7, 11) is 0. The molecule has 1 aromatic carbocycles. The average Bonchev–Trinajstić information content (AvgIpc) is 2.97. The van der Waals surface area contributed by atoms with Crippen molar-refractivity contribution in [3.8, 4) is 11.5 Å². The lowest BCUT2D eigenvalue weighted by molar-refractivity contribution is -0.142. The number of rotatable bonds is 3. The van der Waals surface area contributed by atoms with Crippen molar-refractivity contribution in [3.63, 3.8) is 0 Å². The Bertz CT molecular complexity index is 520. The molecule has 0 amide bonds. The topological polar surface area (TPSA) is 59.0 Å². The van der Waals surface area contributed by atoms with E-state index in [1.165, 1.54) is 0 Å². The molecule has 1 aromatic rings. The summed E-state index contributed by atoms with van der Waals surface area (Å²) in [4.78, 5) is 13.1. The maximum Gasteiger partial charge on any atom is 0.320 e. The molecule has 1 saturated heterocycles. The van der Waals surface area contributed by atoms with Crippen LogP contribution >= 0.6 is 11.6 Å². The van der Waals surface area contributed by atoms with E-state index in [4.69, 9.17) is 26.2 Å². The van der Waals surface area contributed by atoms with E-state index < -0.39 is 12.0 Å². The van der Waals surface area contributed by atoms with E-state index in [1.54, 1.807) is 0 Å². The first kappa shape index (κ1) is 12.6. The number of carbonyl (C=O) groups is 1. The van der Waals surface area contributed by atoms with Crippen molar-refractivity contribution in [1.82, 2.24) is 4.90 Å². The number of benzene rings is 1. The number of hydrogen-bond donors (Lipinski definition) is 1. The molecule has 0 spiro atoms. The molecule has 1 fully saturated rings. The predicted octanol–water partition coefficient (Wildman–Crippen LogP) is 2.12. The van der Waals surface area contributed by atoms with Crippen LogP contribution in [0.5, 0.6) is 11.5 Å². The number of carboxylic acids is 1. The minimum absolute atomic E-state index is 0.181. The van der Waals surface area contributed by atoms with Gasteiger partial charge >= 0.3 is 5.97 Å². The zero-order chi connectivity index (χ0) is 13.4. The summed E-state index contributed by atoms with van der Waals surface area (Å²) in [5, 5.41) is 9.67. The van der Waals surface area contributed by atoms with E-state index >= 15 is 0 Å². The Morgan fingerprint density at radius 2 is 2.32 bits per heavy atom. The van der Waals surface area contributed by atoms with Crippen LogP contribution in [0.3, 0.4) is 0 Å². The molecular formula is C13H14ClNO4. The highest BCUT2D eigenvalue weighted by molar-refractivity contribution is 6.32. The van der Waals surface area contributed by atoms with E-state index in [9.17, 15) is 4.79 Å². The van der Waals surface area contributed by atoms with Crippen LogP contribution in [-0.4, -0.2) is 35.4 Å². The summed E-state index contributed by atoms with van der Waals surface area (Å²) >= 11 is 6.12. The minimum atomic E-state index is -0.760. The van der Waals surface area contributed by atoms with Gasteiger partial charge in [-0.1, -0.05) is 11.6 Å². The second kappa shape index (κ2) is 4.90. The van der Waals surface area contributed by atoms with E-state index in [0.29, 0.717) is 29.5 Å². The third kappa shape index (κ3) is 2.35. The van der Waals surface area contributed by atoms with Gasteiger partial charge < -0.3 is 14.6 Å². The zero-order valence-electron chi connectivity index (χ0n) is 10.3. The van der Waals surface area contributed by atoms with Crippen molar-refractivity contribution in [2.45, 2.75) is 25.4 Å². The monoisotopic (exact) mass is 283 g/mol. The highest BCUT2D eigenvalue weighted by Gasteiger charge is 2.30. The molecule has 0 aromatic heterocycles. The summed E-state index contributed by atoms with van der Waals surface area (Å²) in [6.45, 7) is 1.54. The molecular weight excluding hydrogens is 270 g/mol. The van der Waals surface area contributed by atoms with Crippen LogP contribution in [0.1, 0.15) is 18.4 Å². The number of hydrogen-bond acceptors (Lipinski definition) is 4. The van der Waals surface area contributed by atoms with Crippen LogP contribution in [0.15, 0.2) is 12.1 Å². The van der Waals surface area contributed by atoms with Crippen LogP contribution in [0.4, 0.5) is 0 Å². The highest BCUT2D eigenvalue weighted by Crippen LogP contribution is 2.40. The molecule has 0 radical (unpaired) electrons. The third-order valence-electron chi connectivity index (χ3n) is 3.52. The van der Waals surface area contributed by atoms with Crippen LogP contribution in [0, 0.1) is 0 Å². The Labute approximate surface area is 115 Å². The van der Waals surface area contributed by atoms with Crippen LogP contribution in [0.2, 0.25) is 5.02 Å². The number of fused-ring (bicyclic) bond motifs is 1. The number of ether oxygens (including phenoxy) is 2. The maximum atomic E-state index is 11.1. The fourth-order valence-corrected chi connectivity index (χ4v) is 2.93. The van der Waals surface area contributed by atoms with Gasteiger partial charge in [0.1, 0.15) is 6.04 Å². The molecule has 5 nitrogen and oxygen atoms in total. The van der Waals surface area contributed by atoms with E-state index in [-0.39, 0.29) is 6.79 Å². The van der Waals surface area contributed by atoms with Crippen LogP contribution < -0.4 is 9.47 Å². The predicted molar refractivity (Wildman–Crippen MR) is 68.6 cm³/mol. The quantitative estimate of drug-likeness (QED) is 0.921. The fourth-order valence-electron chi connectivity index (χ4n) is 2.64. The molecule has 2 aliphatic rings. The molecule has 0 saturated carbocycles. The summed E-state index contributed by atoms with van der Waals surface area (Å²) in [6.07, 6.45) is 1.61. The minimum Gasteiger partial charge on any atom is -0.480 e. The van der Waals surface area contributed by atoms with Crippen molar-refractivity contribution >= 4 is 17.6 Å². The summed E-state index contributed by atoms with van der Waals surface area (Å²) in [5.74, 6) is 0.444. The van der Waals surface area contributed by atoms with Crippen molar-refractivity contribution < 1.29 is 19.4 Å². The van der Waals surface area contributed by atoms with Crippen molar-refractivity contribution in [2.24, 2.45) is 0 Å². The molecule has 19 heavy (non-hydrogen) atoms. The van der Waals surface area contributed by atoms with Gasteiger partial charge in [-0.25, -0.2) is 0 Å². The molecule has 2 heterocycles. The smallest absolute Gasteiger partial charge is 0.320 e. The number of aliphatic carboxylic acids is 1. The first-order valence-electron chi connectivity index (χ1n) is 6.20. The van der Waals surface area contributed by atoms with Crippen LogP contribution in [0.25, 0.3) is 0 Å². The second-order valence-electron chi connectivity index (χ2n) is 4.78. The summed E-state index contributed by atoms with van der Waals surface area (Å²) in [5.41, 5.74) is 0.947. The molecule has 1 atom stereocenters. The lowest BCUT2D eigenvalue weighted by Gasteiger charge is -2.21. The van der Waals surface area contributed by atoms with Crippen LogP contribution in [-0.2, 0) is 11.3 Å². The van der Waals surface area contributed by atoms with Crippen molar-refractivity contribution in [2.75, 3.05) is 13.3 Å². The molecule has 2 aliphatic heterocycles. The van der Waals surface area contributed by atoms with Gasteiger partial charge in [-0.2, -0.15) is 0 Å². The normalized spacial score (nSPS) is 21.8. The summed E-state index contributed by atoms with van der Waals surface area (Å²) < 4.78 is 10.6. The second-order valence-corrected chi connectivity index (χ2v) is 5.19. The average molecular weight is 284 g/mol. The zero-order valence-corrected chi connectivity index (χ0v) is 11.0. The molecule has 6 heteroatoms. The molecule has 0 aliphatic carbocycles. The lowest BCUT2D eigenvalue weighted by Crippen LogP contribution is -2.35. The van der Waals surface area contributed by atoms with Gasteiger partial charge in [-0.05, 0) is 37.1 Å². The van der Waals surface area contributed by atoms with Gasteiger partial charge in [0, 0.05) is 6.54 Å².